The van der Waals surface area contributed by atoms with E-state index in [1.54, 1.807) is 0 Å². The number of H-pyrrole nitrogens is 1. The summed E-state index contributed by atoms with van der Waals surface area (Å²) in [6.45, 7) is 2.02. The summed E-state index contributed by atoms with van der Waals surface area (Å²) in [5.74, 6) is 0.396. The van der Waals surface area contributed by atoms with Gasteiger partial charge in [-0.1, -0.05) is 19.1 Å². The monoisotopic (exact) mass is 161 g/mol. The maximum Gasteiger partial charge on any atom is 0.144 e. The van der Waals surface area contributed by atoms with E-state index in [0.717, 1.165) is 23.0 Å². The van der Waals surface area contributed by atoms with E-state index in [4.69, 9.17) is 0 Å². The second-order valence-electron chi connectivity index (χ2n) is 2.85. The average molecular weight is 161 g/mol. The number of hydrogen-bond acceptors (Lipinski definition) is 1. The quantitative estimate of drug-likeness (QED) is 0.662. The lowest BCUT2D eigenvalue weighted by Gasteiger charge is -1.90. The van der Waals surface area contributed by atoms with Gasteiger partial charge in [-0.3, -0.25) is 0 Å². The molecule has 2 aromatic rings. The van der Waals surface area contributed by atoms with Crippen molar-refractivity contribution in [1.82, 2.24) is 4.98 Å². The number of fused-ring (bicyclic) bond motifs is 1. The number of aryl methyl sites for hydroxylation is 1. The fourth-order valence-electron chi connectivity index (χ4n) is 1.44. The molecule has 1 aromatic heterocycles. The van der Waals surface area contributed by atoms with Gasteiger partial charge in [-0.15, -0.1) is 0 Å². The molecule has 2 N–H and O–H groups in total. The van der Waals surface area contributed by atoms with Gasteiger partial charge in [0.1, 0.15) is 5.75 Å². The van der Waals surface area contributed by atoms with Crippen molar-refractivity contribution in [3.05, 3.63) is 30.0 Å². The summed E-state index contributed by atoms with van der Waals surface area (Å²) in [7, 11) is 0. The Morgan fingerprint density at radius 3 is 2.75 bits per heavy atom. The third-order valence-electron chi connectivity index (χ3n) is 2.11. The van der Waals surface area contributed by atoms with Crippen molar-refractivity contribution < 1.29 is 5.11 Å². The molecule has 0 aliphatic heterocycles. The van der Waals surface area contributed by atoms with Crippen LogP contribution in [0.5, 0.6) is 5.75 Å². The zero-order valence-electron chi connectivity index (χ0n) is 6.96. The van der Waals surface area contributed by atoms with Gasteiger partial charge in [0.05, 0.1) is 5.69 Å². The van der Waals surface area contributed by atoms with Crippen molar-refractivity contribution in [2.24, 2.45) is 0 Å². The Kier molecular flexibility index (Phi) is 1.54. The summed E-state index contributed by atoms with van der Waals surface area (Å²) in [5.41, 5.74) is 1.92. The fraction of sp³-hybridized carbons (Fsp3) is 0.200. The lowest BCUT2D eigenvalue weighted by Crippen LogP contribution is -1.77. The molecule has 2 rings (SSSR count). The molecule has 0 radical (unpaired) electrons. The van der Waals surface area contributed by atoms with Crippen LogP contribution < -0.4 is 0 Å². The van der Waals surface area contributed by atoms with Gasteiger partial charge in [0, 0.05) is 10.9 Å². The third kappa shape index (κ3) is 0.881. The highest BCUT2D eigenvalue weighted by atomic mass is 16.3. The van der Waals surface area contributed by atoms with E-state index in [9.17, 15) is 5.11 Å². The standard InChI is InChI=1S/C10H11NO/c1-2-8-10(12)7-5-3-4-6-9(7)11-8/h3-6,11-12H,2H2,1H3. The molecule has 0 spiro atoms. The number of aromatic nitrogens is 1. The highest BCUT2D eigenvalue weighted by molar-refractivity contribution is 5.87. The summed E-state index contributed by atoms with van der Waals surface area (Å²) in [6.07, 6.45) is 0.834. The van der Waals surface area contributed by atoms with Crippen LogP contribution in [0.3, 0.4) is 0 Å². The maximum atomic E-state index is 9.66. The lowest BCUT2D eigenvalue weighted by atomic mass is 10.2. The van der Waals surface area contributed by atoms with E-state index in [0.29, 0.717) is 5.75 Å². The van der Waals surface area contributed by atoms with Crippen LogP contribution >= 0.6 is 0 Å². The van der Waals surface area contributed by atoms with Crippen LogP contribution in [-0.2, 0) is 6.42 Å². The van der Waals surface area contributed by atoms with Gasteiger partial charge in [0.2, 0.25) is 0 Å². The molecule has 62 valence electrons. The van der Waals surface area contributed by atoms with Gasteiger partial charge in [-0.05, 0) is 18.6 Å². The number of para-hydroxylation sites is 1. The highest BCUT2D eigenvalue weighted by Crippen LogP contribution is 2.28. The van der Waals surface area contributed by atoms with Crippen molar-refractivity contribution in [3.63, 3.8) is 0 Å². The normalized spacial score (nSPS) is 10.8. The molecule has 0 aliphatic carbocycles. The van der Waals surface area contributed by atoms with Crippen LogP contribution in [0.15, 0.2) is 24.3 Å². The summed E-state index contributed by atoms with van der Waals surface area (Å²) < 4.78 is 0. The van der Waals surface area contributed by atoms with E-state index in [2.05, 4.69) is 4.98 Å². The van der Waals surface area contributed by atoms with E-state index in [-0.39, 0.29) is 0 Å². The zero-order chi connectivity index (χ0) is 8.55. The number of aromatic hydroxyl groups is 1. The molecule has 12 heavy (non-hydrogen) atoms. The highest BCUT2D eigenvalue weighted by Gasteiger charge is 2.06. The summed E-state index contributed by atoms with van der Waals surface area (Å²) in [5, 5.41) is 10.6. The van der Waals surface area contributed by atoms with Crippen molar-refractivity contribution in [3.8, 4) is 5.75 Å². The third-order valence-corrected chi connectivity index (χ3v) is 2.11. The Balaban J connectivity index is 2.78. The molecule has 2 nitrogen and oxygen atoms in total. The van der Waals surface area contributed by atoms with Gasteiger partial charge in [0.15, 0.2) is 0 Å². The minimum Gasteiger partial charge on any atom is -0.505 e. The first-order chi connectivity index (χ1) is 5.83. The first-order valence-corrected chi connectivity index (χ1v) is 4.11. The van der Waals surface area contributed by atoms with Gasteiger partial charge >= 0.3 is 0 Å². The molecule has 0 aliphatic rings. The minimum atomic E-state index is 0.396. The maximum absolute atomic E-state index is 9.66. The van der Waals surface area contributed by atoms with E-state index < -0.39 is 0 Å². The molecule has 0 saturated heterocycles. The predicted molar refractivity (Wildman–Crippen MR) is 49.3 cm³/mol. The van der Waals surface area contributed by atoms with Gasteiger partial charge in [-0.25, -0.2) is 0 Å². The van der Waals surface area contributed by atoms with E-state index in [1.807, 2.05) is 31.2 Å². The molecule has 1 heterocycles. The first-order valence-electron chi connectivity index (χ1n) is 4.11. The van der Waals surface area contributed by atoms with Crippen LogP contribution in [0.2, 0.25) is 0 Å². The van der Waals surface area contributed by atoms with Crippen LogP contribution in [-0.4, -0.2) is 10.1 Å². The average Bonchev–Trinajstić information content (AvgIpc) is 2.44. The largest absolute Gasteiger partial charge is 0.505 e. The molecule has 0 atom stereocenters. The van der Waals surface area contributed by atoms with Gasteiger partial charge < -0.3 is 10.1 Å². The number of benzene rings is 1. The minimum absolute atomic E-state index is 0.396. The van der Waals surface area contributed by atoms with Crippen LogP contribution in [0, 0.1) is 0 Å². The molecule has 0 bridgehead atoms. The van der Waals surface area contributed by atoms with Gasteiger partial charge in [-0.2, -0.15) is 0 Å². The molecule has 0 amide bonds. The van der Waals surface area contributed by atoms with Crippen LogP contribution in [0.25, 0.3) is 10.9 Å². The van der Waals surface area contributed by atoms with Crippen molar-refractivity contribution >= 4 is 10.9 Å². The van der Waals surface area contributed by atoms with E-state index >= 15 is 0 Å². The fourth-order valence-corrected chi connectivity index (χ4v) is 1.44. The topological polar surface area (TPSA) is 36.0 Å². The molecule has 0 saturated carbocycles. The second-order valence-corrected chi connectivity index (χ2v) is 2.85. The molecular weight excluding hydrogens is 150 g/mol. The number of aromatic amines is 1. The summed E-state index contributed by atoms with van der Waals surface area (Å²) >= 11 is 0. The lowest BCUT2D eigenvalue weighted by molar-refractivity contribution is 0.474. The Morgan fingerprint density at radius 2 is 2.08 bits per heavy atom. The van der Waals surface area contributed by atoms with Gasteiger partial charge in [0.25, 0.3) is 0 Å². The van der Waals surface area contributed by atoms with E-state index in [1.165, 1.54) is 0 Å². The molecular formula is C10H11NO. The SMILES string of the molecule is CCc1[nH]c2ccccc2c1O. The smallest absolute Gasteiger partial charge is 0.144 e. The second kappa shape index (κ2) is 2.55. The predicted octanol–water partition coefficient (Wildman–Crippen LogP) is 2.44. The summed E-state index contributed by atoms with van der Waals surface area (Å²) in [4.78, 5) is 3.16. The number of hydrogen-bond donors (Lipinski definition) is 2. The molecule has 2 heteroatoms. The molecule has 0 unspecified atom stereocenters. The Hall–Kier alpha value is -1.44. The van der Waals surface area contributed by atoms with Crippen molar-refractivity contribution in [1.29, 1.82) is 0 Å². The Bertz CT molecular complexity index is 403. The van der Waals surface area contributed by atoms with Crippen LogP contribution in [0.4, 0.5) is 0 Å². The van der Waals surface area contributed by atoms with Crippen molar-refractivity contribution in [2.45, 2.75) is 13.3 Å². The first kappa shape index (κ1) is 7.22. The Morgan fingerprint density at radius 1 is 1.33 bits per heavy atom. The number of nitrogens with one attached hydrogen (secondary N) is 1. The molecule has 0 fully saturated rings. The van der Waals surface area contributed by atoms with Crippen LogP contribution in [0.1, 0.15) is 12.6 Å². The summed E-state index contributed by atoms with van der Waals surface area (Å²) in [6, 6.07) is 7.77. The zero-order valence-corrected chi connectivity index (χ0v) is 6.96. The molecule has 1 aromatic carbocycles. The van der Waals surface area contributed by atoms with Crippen molar-refractivity contribution in [2.75, 3.05) is 0 Å². The number of rotatable bonds is 1. The Labute approximate surface area is 70.8 Å².